The summed E-state index contributed by atoms with van der Waals surface area (Å²) in [5, 5.41) is 3.60. The van der Waals surface area contributed by atoms with Gasteiger partial charge in [0.05, 0.1) is 32.2 Å². The number of imidazole rings is 1. The molecule has 0 amide bonds. The molecule has 3 aromatic rings. The van der Waals surface area contributed by atoms with Gasteiger partial charge < -0.3 is 19.8 Å². The molecule has 0 radical (unpaired) electrons. The highest BCUT2D eigenvalue weighted by Gasteiger charge is 2.36. The smallest absolute Gasteiger partial charge is 0.348 e. The highest BCUT2D eigenvalue weighted by Crippen LogP contribution is 2.33. The van der Waals surface area contributed by atoms with E-state index in [1.807, 2.05) is 0 Å². The Morgan fingerprint density at radius 1 is 1.20 bits per heavy atom. The van der Waals surface area contributed by atoms with Gasteiger partial charge in [-0.25, -0.2) is 19.0 Å². The van der Waals surface area contributed by atoms with E-state index in [1.54, 1.807) is 26.8 Å². The summed E-state index contributed by atoms with van der Waals surface area (Å²) in [5.41, 5.74) is 0.216. The molecule has 0 saturated carbocycles. The fourth-order valence-electron chi connectivity index (χ4n) is 4.05. The van der Waals surface area contributed by atoms with Crippen molar-refractivity contribution < 1.29 is 23.5 Å². The molecule has 2 heterocycles. The lowest BCUT2D eigenvalue weighted by Gasteiger charge is -2.31. The maximum absolute atomic E-state index is 14.4. The average molecular weight is 522 g/mol. The first-order chi connectivity index (χ1) is 16.5. The Morgan fingerprint density at radius 3 is 2.63 bits per heavy atom. The normalized spacial score (nSPS) is 17.3. The first-order valence-electron chi connectivity index (χ1n) is 11.3. The van der Waals surface area contributed by atoms with Crippen molar-refractivity contribution >= 4 is 46.2 Å². The fraction of sp³-hybridized carbons (Fsp3) is 0.400. The lowest BCUT2D eigenvalue weighted by molar-refractivity contribution is -0.169. The number of nitrogens with zero attached hydrogens (tertiary/aromatic N) is 1. The molecule has 1 saturated heterocycles. The van der Waals surface area contributed by atoms with Crippen LogP contribution in [0.15, 0.2) is 30.3 Å². The van der Waals surface area contributed by atoms with Crippen molar-refractivity contribution in [1.29, 1.82) is 0 Å². The van der Waals surface area contributed by atoms with E-state index in [0.717, 1.165) is 19.4 Å². The number of nitrogens with one attached hydrogen (secondary N) is 2. The molecule has 1 aliphatic rings. The Bertz CT molecular complexity index is 1250. The molecule has 35 heavy (non-hydrogen) atoms. The van der Waals surface area contributed by atoms with Crippen LogP contribution in [0.3, 0.4) is 0 Å². The van der Waals surface area contributed by atoms with Gasteiger partial charge in [0, 0.05) is 12.5 Å². The van der Waals surface area contributed by atoms with Crippen LogP contribution in [0.2, 0.25) is 10.0 Å². The Morgan fingerprint density at radius 2 is 1.97 bits per heavy atom. The number of aromatic amines is 1. The summed E-state index contributed by atoms with van der Waals surface area (Å²) < 4.78 is 25.6. The molecule has 0 bridgehead atoms. The maximum atomic E-state index is 14.4. The zero-order valence-corrected chi connectivity index (χ0v) is 21.1. The van der Waals surface area contributed by atoms with E-state index in [4.69, 9.17) is 32.7 Å². The number of aromatic nitrogens is 2. The molecule has 2 unspecified atom stereocenters. The zero-order chi connectivity index (χ0) is 25.3. The molecule has 0 aliphatic carbocycles. The number of carbonyl (C=O) groups is 2. The van der Waals surface area contributed by atoms with E-state index in [2.05, 4.69) is 15.3 Å². The molecule has 2 N–H and O–H groups in total. The number of hydrogen-bond acceptors (Lipinski definition) is 6. The van der Waals surface area contributed by atoms with Crippen LogP contribution in [0.5, 0.6) is 0 Å². The van der Waals surface area contributed by atoms with E-state index in [1.165, 1.54) is 24.3 Å². The number of piperidine rings is 1. The molecule has 186 valence electrons. The van der Waals surface area contributed by atoms with Crippen molar-refractivity contribution in [2.45, 2.75) is 45.3 Å². The second-order valence-corrected chi connectivity index (χ2v) is 10.3. The Kier molecular flexibility index (Phi) is 7.35. The van der Waals surface area contributed by atoms with E-state index >= 15 is 0 Å². The number of H-pyrrole nitrogens is 1. The monoisotopic (exact) mass is 521 g/mol. The summed E-state index contributed by atoms with van der Waals surface area (Å²) in [7, 11) is 0. The number of ether oxygens (including phenoxy) is 2. The van der Waals surface area contributed by atoms with Crippen molar-refractivity contribution in [1.82, 2.24) is 15.3 Å². The number of hydrogen-bond donors (Lipinski definition) is 2. The fourth-order valence-corrected chi connectivity index (χ4v) is 4.56. The SMILES string of the molecule is CC(C)(C)OC(=O)C(OC(=O)c1cc(Cl)c2[nH]c(-c3c(F)cccc3Cl)nc2c1)C1CCCNC1. The topological polar surface area (TPSA) is 93.3 Å². The van der Waals surface area contributed by atoms with Crippen molar-refractivity contribution in [3.05, 3.63) is 51.8 Å². The van der Waals surface area contributed by atoms with E-state index in [-0.39, 0.29) is 32.9 Å². The minimum Gasteiger partial charge on any atom is -0.457 e. The van der Waals surface area contributed by atoms with Crippen LogP contribution in [0.4, 0.5) is 4.39 Å². The van der Waals surface area contributed by atoms with Gasteiger partial charge in [-0.05, 0) is 64.4 Å². The minimum absolute atomic E-state index is 0.0975. The Balaban J connectivity index is 1.64. The van der Waals surface area contributed by atoms with E-state index in [9.17, 15) is 14.0 Å². The predicted octanol–water partition coefficient (Wildman–Crippen LogP) is 5.54. The van der Waals surface area contributed by atoms with Gasteiger partial charge in [-0.1, -0.05) is 29.3 Å². The van der Waals surface area contributed by atoms with E-state index in [0.29, 0.717) is 17.6 Å². The number of esters is 2. The molecule has 2 atom stereocenters. The number of fused-ring (bicyclic) bond motifs is 1. The minimum atomic E-state index is -1.07. The largest absolute Gasteiger partial charge is 0.457 e. The maximum Gasteiger partial charge on any atom is 0.348 e. The van der Waals surface area contributed by atoms with E-state index < -0.39 is 29.5 Å². The molecular weight excluding hydrogens is 496 g/mol. The summed E-state index contributed by atoms with van der Waals surface area (Å²) in [4.78, 5) is 33.4. The highest BCUT2D eigenvalue weighted by molar-refractivity contribution is 6.35. The number of benzene rings is 2. The van der Waals surface area contributed by atoms with Gasteiger partial charge in [0.25, 0.3) is 0 Å². The van der Waals surface area contributed by atoms with Gasteiger partial charge in [-0.15, -0.1) is 0 Å². The number of rotatable bonds is 5. The van der Waals surface area contributed by atoms with Crippen molar-refractivity contribution in [3.8, 4) is 11.4 Å². The molecule has 1 fully saturated rings. The molecule has 10 heteroatoms. The van der Waals surface area contributed by atoms with Gasteiger partial charge in [-0.3, -0.25) is 0 Å². The first kappa shape index (κ1) is 25.4. The first-order valence-corrected chi connectivity index (χ1v) is 12.1. The third-order valence-corrected chi connectivity index (χ3v) is 6.23. The van der Waals surface area contributed by atoms with Crippen LogP contribution in [-0.2, 0) is 14.3 Å². The van der Waals surface area contributed by atoms with Crippen LogP contribution in [-0.4, -0.2) is 46.7 Å². The molecule has 1 aromatic heterocycles. The standard InChI is InChI=1S/C25H26Cl2FN3O4/c1-25(2,3)35-24(33)21(13-6-5-9-29-12-13)34-23(32)14-10-16(27)20-18(11-14)30-22(31-20)19-15(26)7-4-8-17(19)28/h4,7-8,10-11,13,21,29H,5-6,9,12H2,1-3H3,(H,30,31). The van der Waals surface area contributed by atoms with Crippen molar-refractivity contribution in [2.75, 3.05) is 13.1 Å². The lowest BCUT2D eigenvalue weighted by Crippen LogP contribution is -2.45. The van der Waals surface area contributed by atoms with Gasteiger partial charge in [0.1, 0.15) is 17.2 Å². The number of halogens is 3. The molecule has 1 aliphatic heterocycles. The van der Waals surface area contributed by atoms with Crippen LogP contribution in [0.25, 0.3) is 22.4 Å². The van der Waals surface area contributed by atoms with Crippen molar-refractivity contribution in [3.63, 3.8) is 0 Å². The van der Waals surface area contributed by atoms with Gasteiger partial charge >= 0.3 is 11.9 Å². The third kappa shape index (κ3) is 5.77. The molecule has 7 nitrogen and oxygen atoms in total. The lowest BCUT2D eigenvalue weighted by atomic mass is 9.93. The quantitative estimate of drug-likeness (QED) is 0.428. The molecule has 0 spiro atoms. The van der Waals surface area contributed by atoms with Crippen LogP contribution < -0.4 is 5.32 Å². The second-order valence-electron chi connectivity index (χ2n) is 9.50. The average Bonchev–Trinajstić information content (AvgIpc) is 3.21. The Labute approximate surface area is 212 Å². The zero-order valence-electron chi connectivity index (χ0n) is 19.6. The van der Waals surface area contributed by atoms with Crippen LogP contribution >= 0.6 is 23.2 Å². The van der Waals surface area contributed by atoms with Crippen LogP contribution in [0.1, 0.15) is 44.0 Å². The summed E-state index contributed by atoms with van der Waals surface area (Å²) in [6, 6.07) is 7.21. The second kappa shape index (κ2) is 10.1. The predicted molar refractivity (Wildman–Crippen MR) is 132 cm³/mol. The third-order valence-electron chi connectivity index (χ3n) is 5.62. The molecular formula is C25H26Cl2FN3O4. The summed E-state index contributed by atoms with van der Waals surface area (Å²) in [6.45, 7) is 6.64. The van der Waals surface area contributed by atoms with Gasteiger partial charge in [0.2, 0.25) is 6.10 Å². The summed E-state index contributed by atoms with van der Waals surface area (Å²) in [5.74, 6) is -1.92. The van der Waals surface area contributed by atoms with Gasteiger partial charge in [-0.2, -0.15) is 0 Å². The number of carbonyl (C=O) groups excluding carboxylic acids is 2. The molecule has 4 rings (SSSR count). The molecule has 2 aromatic carbocycles. The van der Waals surface area contributed by atoms with Crippen LogP contribution in [0, 0.1) is 11.7 Å². The highest BCUT2D eigenvalue weighted by atomic mass is 35.5. The summed E-state index contributed by atoms with van der Waals surface area (Å²) >= 11 is 12.6. The van der Waals surface area contributed by atoms with Crippen molar-refractivity contribution in [2.24, 2.45) is 5.92 Å². The Hall–Kier alpha value is -2.68. The van der Waals surface area contributed by atoms with Gasteiger partial charge in [0.15, 0.2) is 0 Å². The summed E-state index contributed by atoms with van der Waals surface area (Å²) in [6.07, 6.45) is 0.500.